The molecule has 5 aromatic carbocycles. The molecule has 0 heterocycles. The zero-order valence-corrected chi connectivity index (χ0v) is 18.7. The Hall–Kier alpha value is -4.36. The third kappa shape index (κ3) is 2.44. The van der Waals surface area contributed by atoms with E-state index >= 15 is 0 Å². The molecule has 160 valence electrons. The van der Waals surface area contributed by atoms with E-state index in [1.165, 1.54) is 55.6 Å². The highest BCUT2D eigenvalue weighted by Gasteiger charge is 2.48. The van der Waals surface area contributed by atoms with Crippen molar-refractivity contribution in [3.05, 3.63) is 160 Å². The molecule has 5 aromatic rings. The summed E-state index contributed by atoms with van der Waals surface area (Å²) in [4.78, 5) is 0. The average Bonchev–Trinajstić information content (AvgIpc) is 3.12. The van der Waals surface area contributed by atoms with E-state index < -0.39 is 0 Å². The van der Waals surface area contributed by atoms with Crippen LogP contribution in [0.4, 0.5) is 5.69 Å². The molecule has 2 aliphatic carbocycles. The first-order valence-corrected chi connectivity index (χ1v) is 11.7. The van der Waals surface area contributed by atoms with Gasteiger partial charge >= 0.3 is 0 Å². The Balaban J connectivity index is 1.67. The first-order valence-electron chi connectivity index (χ1n) is 11.7. The van der Waals surface area contributed by atoms with Crippen LogP contribution >= 0.6 is 0 Å². The monoisotopic (exact) mass is 433 g/mol. The van der Waals surface area contributed by atoms with Gasteiger partial charge in [0.25, 0.3) is 0 Å². The highest BCUT2D eigenvalue weighted by atomic mass is 14.5. The van der Waals surface area contributed by atoms with Gasteiger partial charge in [-0.25, -0.2) is 0 Å². The highest BCUT2D eigenvalue weighted by Crippen LogP contribution is 2.59. The Labute approximate surface area is 199 Å². The number of nitrogens with two attached hydrogens (primary N) is 1. The lowest BCUT2D eigenvalue weighted by Crippen LogP contribution is -2.30. The van der Waals surface area contributed by atoms with Gasteiger partial charge in [-0.3, -0.25) is 0 Å². The second-order valence-electron chi connectivity index (χ2n) is 9.15. The van der Waals surface area contributed by atoms with Crippen LogP contribution in [0.2, 0.25) is 0 Å². The normalized spacial score (nSPS) is 14.4. The van der Waals surface area contributed by atoms with Crippen molar-refractivity contribution in [3.8, 4) is 11.1 Å². The van der Waals surface area contributed by atoms with Gasteiger partial charge in [-0.15, -0.1) is 0 Å². The molecule has 0 aromatic heterocycles. The summed E-state index contributed by atoms with van der Waals surface area (Å²) in [6.45, 7) is 0. The minimum Gasteiger partial charge on any atom is -0.399 e. The Morgan fingerprint density at radius 2 is 0.912 bits per heavy atom. The summed E-state index contributed by atoms with van der Waals surface area (Å²) >= 11 is 0. The molecule has 0 saturated carbocycles. The van der Waals surface area contributed by atoms with E-state index in [9.17, 15) is 0 Å². The number of benzene rings is 5. The maximum atomic E-state index is 6.04. The lowest BCUT2D eigenvalue weighted by atomic mass is 9.66. The van der Waals surface area contributed by atoms with Crippen molar-refractivity contribution >= 4 is 17.3 Å². The van der Waals surface area contributed by atoms with Crippen LogP contribution in [0.3, 0.4) is 0 Å². The molecule has 1 nitrogen and oxygen atoms in total. The second kappa shape index (κ2) is 7.07. The zero-order valence-electron chi connectivity index (χ0n) is 18.7. The number of fused-ring (bicyclic) bond motifs is 9. The third-order valence-electron chi connectivity index (χ3n) is 7.46. The quantitative estimate of drug-likeness (QED) is 0.266. The number of nitrogen functional groups attached to an aromatic ring is 1. The summed E-state index contributed by atoms with van der Waals surface area (Å²) in [6.07, 6.45) is 2.36. The number of anilines is 1. The van der Waals surface area contributed by atoms with Crippen molar-refractivity contribution in [1.82, 2.24) is 0 Å². The van der Waals surface area contributed by atoms with Crippen LogP contribution in [-0.4, -0.2) is 0 Å². The topological polar surface area (TPSA) is 26.0 Å². The summed E-state index contributed by atoms with van der Waals surface area (Å²) in [7, 11) is 0. The predicted molar refractivity (Wildman–Crippen MR) is 142 cm³/mol. The molecule has 1 spiro atoms. The van der Waals surface area contributed by atoms with Crippen molar-refractivity contribution in [1.29, 1.82) is 0 Å². The van der Waals surface area contributed by atoms with Crippen molar-refractivity contribution in [2.45, 2.75) is 5.41 Å². The van der Waals surface area contributed by atoms with Gasteiger partial charge < -0.3 is 5.73 Å². The summed E-state index contributed by atoms with van der Waals surface area (Å²) in [5.74, 6) is 0. The molecule has 2 aliphatic rings. The molecule has 0 amide bonds. The fourth-order valence-electron chi connectivity index (χ4n) is 6.10. The van der Waals surface area contributed by atoms with Crippen LogP contribution < -0.4 is 5.73 Å². The zero-order chi connectivity index (χ0) is 22.7. The molecule has 1 heteroatoms. The number of rotatable bonds is 1. The molecule has 0 fully saturated rings. The van der Waals surface area contributed by atoms with Crippen molar-refractivity contribution in [2.75, 3.05) is 5.73 Å². The van der Waals surface area contributed by atoms with E-state index in [1.54, 1.807) is 0 Å². The lowest BCUT2D eigenvalue weighted by Gasteiger charge is -2.35. The Kier molecular flexibility index (Phi) is 3.98. The fourth-order valence-corrected chi connectivity index (χ4v) is 6.10. The van der Waals surface area contributed by atoms with Crippen molar-refractivity contribution in [3.63, 3.8) is 0 Å². The molecule has 0 saturated heterocycles. The summed E-state index contributed by atoms with van der Waals surface area (Å²) in [6, 6.07) is 43.9. The second-order valence-corrected chi connectivity index (χ2v) is 9.15. The van der Waals surface area contributed by atoms with E-state index in [4.69, 9.17) is 5.73 Å². The van der Waals surface area contributed by atoms with Gasteiger partial charge in [-0.1, -0.05) is 109 Å². The average molecular weight is 434 g/mol. The molecule has 34 heavy (non-hydrogen) atoms. The summed E-state index contributed by atoms with van der Waals surface area (Å²) in [5.41, 5.74) is 19.3. The van der Waals surface area contributed by atoms with E-state index in [2.05, 4.69) is 115 Å². The molecular weight excluding hydrogens is 410 g/mol. The van der Waals surface area contributed by atoms with Crippen molar-refractivity contribution < 1.29 is 0 Å². The molecule has 0 atom stereocenters. The maximum Gasteiger partial charge on any atom is 0.0725 e. The van der Waals surface area contributed by atoms with Gasteiger partial charge in [0.1, 0.15) is 0 Å². The smallest absolute Gasteiger partial charge is 0.0725 e. The minimum atomic E-state index is -0.383. The summed E-state index contributed by atoms with van der Waals surface area (Å²) < 4.78 is 0. The maximum absolute atomic E-state index is 6.04. The van der Waals surface area contributed by atoms with E-state index in [0.717, 1.165) is 5.69 Å². The van der Waals surface area contributed by atoms with Gasteiger partial charge in [-0.2, -0.15) is 0 Å². The van der Waals surface area contributed by atoms with Gasteiger partial charge in [-0.05, 0) is 73.9 Å². The lowest BCUT2D eigenvalue weighted by molar-refractivity contribution is 0.766. The molecule has 7 rings (SSSR count). The van der Waals surface area contributed by atoms with E-state index in [1.807, 2.05) is 12.1 Å². The number of hydrogen-bond acceptors (Lipinski definition) is 1. The molecule has 0 aliphatic heterocycles. The van der Waals surface area contributed by atoms with Gasteiger partial charge in [0.15, 0.2) is 0 Å². The van der Waals surface area contributed by atoms with Crippen LogP contribution in [-0.2, 0) is 5.41 Å². The van der Waals surface area contributed by atoms with Gasteiger partial charge in [0, 0.05) is 5.69 Å². The van der Waals surface area contributed by atoms with E-state index in [0.29, 0.717) is 0 Å². The molecule has 2 N–H and O–H groups in total. The molecular formula is C33H23N. The third-order valence-corrected chi connectivity index (χ3v) is 7.46. The Morgan fingerprint density at radius 1 is 0.441 bits per heavy atom. The van der Waals surface area contributed by atoms with Crippen LogP contribution in [0.25, 0.3) is 22.8 Å². The molecule has 0 unspecified atom stereocenters. The van der Waals surface area contributed by atoms with E-state index in [-0.39, 0.29) is 5.41 Å². The van der Waals surface area contributed by atoms with Crippen LogP contribution in [0, 0.1) is 0 Å². The summed E-state index contributed by atoms with van der Waals surface area (Å²) in [5, 5.41) is 0. The predicted octanol–water partition coefficient (Wildman–Crippen LogP) is 7.53. The minimum absolute atomic E-state index is 0.383. The van der Waals surface area contributed by atoms with Crippen molar-refractivity contribution in [2.24, 2.45) is 0 Å². The first-order chi connectivity index (χ1) is 16.8. The largest absolute Gasteiger partial charge is 0.399 e. The fraction of sp³-hybridized carbons (Fsp3) is 0.0303. The highest BCUT2D eigenvalue weighted by molar-refractivity contribution is 5.99. The number of hydrogen-bond donors (Lipinski definition) is 1. The Morgan fingerprint density at radius 3 is 1.53 bits per heavy atom. The van der Waals surface area contributed by atoms with Crippen LogP contribution in [0.15, 0.2) is 121 Å². The van der Waals surface area contributed by atoms with Crippen LogP contribution in [0.5, 0.6) is 0 Å². The molecule has 0 bridgehead atoms. The first kappa shape index (κ1) is 19.1. The molecule has 0 radical (unpaired) electrons. The standard InChI is InChI=1S/C33H23N/c34-24-19-17-22(18-20-24)28-21-23-9-1-5-13-29(23)33(32-16-8-4-12-27(28)32)30-14-6-2-10-25(30)26-11-3-7-15-31(26)33/h1-21H,34H2. The van der Waals surface area contributed by atoms with Gasteiger partial charge in [0.05, 0.1) is 5.41 Å². The van der Waals surface area contributed by atoms with Gasteiger partial charge in [0.2, 0.25) is 0 Å². The SMILES string of the molecule is Nc1ccc(C2=Cc3ccccc3C3(c4ccccc42)c2ccccc2-c2ccccc23)cc1. The van der Waals surface area contributed by atoms with Crippen LogP contribution in [0.1, 0.15) is 38.9 Å². The Bertz CT molecular complexity index is 1560.